The minimum absolute atomic E-state index is 0.0961. The van der Waals surface area contributed by atoms with Gasteiger partial charge in [0.25, 0.3) is 5.56 Å². The van der Waals surface area contributed by atoms with E-state index in [0.29, 0.717) is 27.5 Å². The second kappa shape index (κ2) is 10.5. The number of aromatic nitrogens is 2. The average Bonchev–Trinajstić information content (AvgIpc) is 2.89. The maximum Gasteiger partial charge on any atom is 0.266 e. The molecular formula is C29H23N3O3S. The van der Waals surface area contributed by atoms with E-state index in [4.69, 9.17) is 9.72 Å². The number of nitrogens with zero attached hydrogens (tertiary/aromatic N) is 2. The number of hydrogen-bond acceptors (Lipinski definition) is 5. The van der Waals surface area contributed by atoms with Crippen molar-refractivity contribution in [1.29, 1.82) is 0 Å². The first kappa shape index (κ1) is 23.4. The average molecular weight is 494 g/mol. The van der Waals surface area contributed by atoms with Crippen LogP contribution in [0.15, 0.2) is 113 Å². The third-order valence-electron chi connectivity index (χ3n) is 5.45. The molecule has 0 saturated heterocycles. The van der Waals surface area contributed by atoms with Gasteiger partial charge in [0, 0.05) is 5.69 Å². The number of nitrogens with one attached hydrogen (secondary N) is 1. The summed E-state index contributed by atoms with van der Waals surface area (Å²) in [6.45, 7) is 1.97. The monoisotopic (exact) mass is 493 g/mol. The quantitative estimate of drug-likeness (QED) is 0.215. The third-order valence-corrected chi connectivity index (χ3v) is 6.39. The fourth-order valence-corrected chi connectivity index (χ4v) is 4.57. The van der Waals surface area contributed by atoms with Crippen LogP contribution in [0.1, 0.15) is 5.56 Å². The van der Waals surface area contributed by atoms with E-state index in [2.05, 4.69) is 5.32 Å². The second-order valence-corrected chi connectivity index (χ2v) is 9.11. The van der Waals surface area contributed by atoms with Gasteiger partial charge in [-0.25, -0.2) is 4.98 Å². The smallest absolute Gasteiger partial charge is 0.266 e. The topological polar surface area (TPSA) is 73.2 Å². The molecule has 4 aromatic carbocycles. The number of fused-ring (bicyclic) bond motifs is 1. The van der Waals surface area contributed by atoms with Crippen molar-refractivity contribution in [3.8, 4) is 17.2 Å². The lowest BCUT2D eigenvalue weighted by atomic mass is 10.2. The number of carbonyl (C=O) groups excluding carboxylic acids is 1. The summed E-state index contributed by atoms with van der Waals surface area (Å²) < 4.78 is 7.37. The van der Waals surface area contributed by atoms with E-state index in [9.17, 15) is 9.59 Å². The molecular weight excluding hydrogens is 470 g/mol. The number of para-hydroxylation sites is 2. The number of amides is 1. The summed E-state index contributed by atoms with van der Waals surface area (Å²) in [6, 6.07) is 31.6. The molecule has 5 aromatic rings. The van der Waals surface area contributed by atoms with Crippen LogP contribution in [0.4, 0.5) is 5.69 Å². The van der Waals surface area contributed by atoms with Crippen LogP contribution in [0.5, 0.6) is 11.5 Å². The van der Waals surface area contributed by atoms with Crippen molar-refractivity contribution in [1.82, 2.24) is 9.55 Å². The van der Waals surface area contributed by atoms with Crippen molar-refractivity contribution >= 4 is 34.3 Å². The highest BCUT2D eigenvalue weighted by Crippen LogP contribution is 2.24. The molecule has 0 aliphatic rings. The number of rotatable bonds is 7. The Labute approximate surface area is 212 Å². The molecule has 6 nitrogen and oxygen atoms in total. The van der Waals surface area contributed by atoms with E-state index in [1.54, 1.807) is 41.0 Å². The maximum atomic E-state index is 13.4. The third kappa shape index (κ3) is 5.31. The van der Waals surface area contributed by atoms with Crippen LogP contribution in [0.25, 0.3) is 16.6 Å². The van der Waals surface area contributed by atoms with Gasteiger partial charge in [-0.3, -0.25) is 14.2 Å². The van der Waals surface area contributed by atoms with E-state index in [-0.39, 0.29) is 17.2 Å². The van der Waals surface area contributed by atoms with Crippen LogP contribution >= 0.6 is 11.8 Å². The van der Waals surface area contributed by atoms with Crippen molar-refractivity contribution in [3.05, 3.63) is 119 Å². The molecule has 1 aromatic heterocycles. The van der Waals surface area contributed by atoms with Gasteiger partial charge in [0.1, 0.15) is 11.5 Å². The Hall–Kier alpha value is -4.36. The molecule has 36 heavy (non-hydrogen) atoms. The Morgan fingerprint density at radius 1 is 0.889 bits per heavy atom. The molecule has 0 radical (unpaired) electrons. The van der Waals surface area contributed by atoms with Gasteiger partial charge in [0.15, 0.2) is 5.16 Å². The zero-order chi connectivity index (χ0) is 24.9. The van der Waals surface area contributed by atoms with Crippen molar-refractivity contribution in [2.75, 3.05) is 11.1 Å². The van der Waals surface area contributed by atoms with Gasteiger partial charge in [-0.05, 0) is 73.2 Å². The molecule has 178 valence electrons. The number of ether oxygens (including phenoxy) is 1. The number of aryl methyl sites for hydroxylation is 1. The van der Waals surface area contributed by atoms with E-state index < -0.39 is 0 Å². The number of carbonyl (C=O) groups is 1. The van der Waals surface area contributed by atoms with E-state index in [1.165, 1.54) is 11.8 Å². The number of thioether (sulfide) groups is 1. The molecule has 0 unspecified atom stereocenters. The summed E-state index contributed by atoms with van der Waals surface area (Å²) in [4.78, 5) is 30.8. The van der Waals surface area contributed by atoms with E-state index in [1.807, 2.05) is 73.7 Å². The molecule has 7 heteroatoms. The highest BCUT2D eigenvalue weighted by Gasteiger charge is 2.15. The fourth-order valence-electron chi connectivity index (χ4n) is 3.76. The second-order valence-electron chi connectivity index (χ2n) is 8.17. The fraction of sp³-hybridized carbons (Fsp3) is 0.0690. The zero-order valence-corrected chi connectivity index (χ0v) is 20.4. The van der Waals surface area contributed by atoms with Crippen LogP contribution in [0.3, 0.4) is 0 Å². The summed E-state index contributed by atoms with van der Waals surface area (Å²) in [6.07, 6.45) is 0. The standard InChI is InChI=1S/C29H23N3O3S/c1-20-8-7-9-22(18-20)32-28(34)25-12-5-6-13-26(25)31-29(32)36-19-27(33)30-21-14-16-24(17-15-21)35-23-10-3-2-4-11-23/h2-18H,19H2,1H3,(H,30,33). The van der Waals surface area contributed by atoms with Crippen molar-refractivity contribution in [2.45, 2.75) is 12.1 Å². The Kier molecular flexibility index (Phi) is 6.82. The normalized spacial score (nSPS) is 10.8. The van der Waals surface area contributed by atoms with Crippen LogP contribution in [-0.2, 0) is 4.79 Å². The summed E-state index contributed by atoms with van der Waals surface area (Å²) in [5.74, 6) is 1.32. The highest BCUT2D eigenvalue weighted by atomic mass is 32.2. The first-order chi connectivity index (χ1) is 17.6. The largest absolute Gasteiger partial charge is 0.457 e. The first-order valence-electron chi connectivity index (χ1n) is 11.4. The van der Waals surface area contributed by atoms with E-state index in [0.717, 1.165) is 17.0 Å². The Bertz CT molecular complexity index is 1580. The molecule has 0 saturated carbocycles. The summed E-state index contributed by atoms with van der Waals surface area (Å²) >= 11 is 1.22. The SMILES string of the molecule is Cc1cccc(-n2c(SCC(=O)Nc3ccc(Oc4ccccc4)cc3)nc3ccccc3c2=O)c1. The summed E-state index contributed by atoms with van der Waals surface area (Å²) in [5, 5.41) is 3.89. The van der Waals surface area contributed by atoms with Gasteiger partial charge in [-0.2, -0.15) is 0 Å². The van der Waals surface area contributed by atoms with Crippen molar-refractivity contribution in [3.63, 3.8) is 0 Å². The van der Waals surface area contributed by atoms with Crippen LogP contribution < -0.4 is 15.6 Å². The van der Waals surface area contributed by atoms with Gasteiger partial charge < -0.3 is 10.1 Å². The maximum absolute atomic E-state index is 13.4. The molecule has 0 bridgehead atoms. The Morgan fingerprint density at radius 2 is 1.61 bits per heavy atom. The highest BCUT2D eigenvalue weighted by molar-refractivity contribution is 7.99. The number of benzene rings is 4. The van der Waals surface area contributed by atoms with Gasteiger partial charge in [0.2, 0.25) is 5.91 Å². The molecule has 0 spiro atoms. The molecule has 0 aliphatic carbocycles. The van der Waals surface area contributed by atoms with Crippen molar-refractivity contribution in [2.24, 2.45) is 0 Å². The van der Waals surface area contributed by atoms with Gasteiger partial charge >= 0.3 is 0 Å². The van der Waals surface area contributed by atoms with Crippen LogP contribution in [0.2, 0.25) is 0 Å². The lowest BCUT2D eigenvalue weighted by Gasteiger charge is -2.14. The van der Waals surface area contributed by atoms with E-state index >= 15 is 0 Å². The predicted octanol–water partition coefficient (Wildman–Crippen LogP) is 6.22. The van der Waals surface area contributed by atoms with Crippen molar-refractivity contribution < 1.29 is 9.53 Å². The lowest BCUT2D eigenvalue weighted by Crippen LogP contribution is -2.23. The lowest BCUT2D eigenvalue weighted by molar-refractivity contribution is -0.113. The molecule has 1 amide bonds. The van der Waals surface area contributed by atoms with Gasteiger partial charge in [-0.15, -0.1) is 0 Å². The summed E-state index contributed by atoms with van der Waals surface area (Å²) in [7, 11) is 0. The van der Waals surface area contributed by atoms with Crippen LogP contribution in [0, 0.1) is 6.92 Å². The van der Waals surface area contributed by atoms with Gasteiger partial charge in [0.05, 0.1) is 22.3 Å². The molecule has 1 N–H and O–H groups in total. The molecule has 0 atom stereocenters. The first-order valence-corrected chi connectivity index (χ1v) is 12.4. The Balaban J connectivity index is 1.33. The molecule has 0 fully saturated rings. The van der Waals surface area contributed by atoms with Gasteiger partial charge in [-0.1, -0.05) is 54.2 Å². The minimum atomic E-state index is -0.199. The predicted molar refractivity (Wildman–Crippen MR) is 144 cm³/mol. The van der Waals surface area contributed by atoms with Crippen LogP contribution in [-0.4, -0.2) is 21.2 Å². The molecule has 5 rings (SSSR count). The number of anilines is 1. The minimum Gasteiger partial charge on any atom is -0.457 e. The zero-order valence-electron chi connectivity index (χ0n) is 19.5. The molecule has 0 aliphatic heterocycles. The number of hydrogen-bond donors (Lipinski definition) is 1. The summed E-state index contributed by atoms with van der Waals surface area (Å²) in [5.41, 5.74) is 2.84. The Morgan fingerprint density at radius 3 is 2.39 bits per heavy atom. The molecule has 1 heterocycles.